The van der Waals surface area contributed by atoms with Gasteiger partial charge in [0.1, 0.15) is 5.52 Å². The number of nitrogens with one attached hydrogen (secondary N) is 3. The topological polar surface area (TPSA) is 96.3 Å². The van der Waals surface area contributed by atoms with Crippen LogP contribution >= 0.6 is 11.8 Å². The van der Waals surface area contributed by atoms with Crippen molar-refractivity contribution in [3.05, 3.63) is 96.6 Å². The summed E-state index contributed by atoms with van der Waals surface area (Å²) in [6.07, 6.45) is 1.60. The summed E-state index contributed by atoms with van der Waals surface area (Å²) in [5, 5.41) is 8.81. The van der Waals surface area contributed by atoms with Crippen LogP contribution in [0, 0.1) is 0 Å². The van der Waals surface area contributed by atoms with E-state index in [0.29, 0.717) is 34.5 Å². The minimum atomic E-state index is -0.322. The Hall–Kier alpha value is -4.04. The molecule has 0 aliphatic carbocycles. The van der Waals surface area contributed by atoms with Crippen molar-refractivity contribution >= 4 is 46.2 Å². The molecule has 1 heterocycles. The van der Waals surface area contributed by atoms with Gasteiger partial charge in [-0.25, -0.2) is 9.78 Å². The van der Waals surface area contributed by atoms with Crippen LogP contribution in [0.3, 0.4) is 0 Å². The summed E-state index contributed by atoms with van der Waals surface area (Å²) < 4.78 is 5.76. The maximum Gasteiger partial charge on any atom is 0.319 e. The molecule has 0 saturated carbocycles. The standard InChI is InChI=1S/C25H22N4O3S/c1-2-15-26-24(31)28-19-13-11-18(12-14-19)27-23(30)20-8-4-3-7-17(20)16-33-25-29-21-9-5-6-10-22(21)32-25/h2-14H,1,15-16H2,(H,27,30)(H2,26,28,31). The van der Waals surface area contributed by atoms with Gasteiger partial charge < -0.3 is 20.4 Å². The third kappa shape index (κ3) is 5.81. The first-order chi connectivity index (χ1) is 16.1. The molecule has 0 unspecified atom stereocenters. The Balaban J connectivity index is 1.39. The molecule has 4 aromatic rings. The van der Waals surface area contributed by atoms with Crippen LogP contribution in [0.2, 0.25) is 0 Å². The van der Waals surface area contributed by atoms with E-state index in [1.54, 1.807) is 36.4 Å². The molecule has 0 aliphatic rings. The second kappa shape index (κ2) is 10.5. The van der Waals surface area contributed by atoms with Gasteiger partial charge in [0.15, 0.2) is 5.58 Å². The Morgan fingerprint density at radius 1 is 0.939 bits per heavy atom. The van der Waals surface area contributed by atoms with Gasteiger partial charge in [-0.3, -0.25) is 4.79 Å². The SMILES string of the molecule is C=CCNC(=O)Nc1ccc(NC(=O)c2ccccc2CSc2nc3ccccc3o2)cc1. The molecule has 166 valence electrons. The molecule has 4 rings (SSSR count). The van der Waals surface area contributed by atoms with Crippen molar-refractivity contribution in [3.63, 3.8) is 0 Å². The zero-order chi connectivity index (χ0) is 23.0. The van der Waals surface area contributed by atoms with E-state index in [9.17, 15) is 9.59 Å². The van der Waals surface area contributed by atoms with Gasteiger partial charge in [0.25, 0.3) is 11.1 Å². The number of para-hydroxylation sites is 2. The summed E-state index contributed by atoms with van der Waals surface area (Å²) in [6, 6.07) is 21.6. The highest BCUT2D eigenvalue weighted by atomic mass is 32.2. The van der Waals surface area contributed by atoms with Gasteiger partial charge in [-0.1, -0.05) is 48.2 Å². The lowest BCUT2D eigenvalue weighted by molar-refractivity contribution is 0.102. The van der Waals surface area contributed by atoms with E-state index in [0.717, 1.165) is 16.7 Å². The first-order valence-electron chi connectivity index (χ1n) is 10.3. The van der Waals surface area contributed by atoms with Crippen LogP contribution in [0.4, 0.5) is 16.2 Å². The maximum atomic E-state index is 12.9. The zero-order valence-electron chi connectivity index (χ0n) is 17.7. The molecule has 0 spiro atoms. The van der Waals surface area contributed by atoms with Crippen LogP contribution in [-0.4, -0.2) is 23.5 Å². The third-order valence-electron chi connectivity index (χ3n) is 4.69. The first-order valence-corrected chi connectivity index (χ1v) is 11.2. The van der Waals surface area contributed by atoms with Gasteiger partial charge in [0.05, 0.1) is 0 Å². The van der Waals surface area contributed by atoms with Gasteiger partial charge in [-0.2, -0.15) is 0 Å². The third-order valence-corrected chi connectivity index (χ3v) is 5.57. The highest BCUT2D eigenvalue weighted by Crippen LogP contribution is 2.27. The summed E-state index contributed by atoms with van der Waals surface area (Å²) >= 11 is 1.44. The monoisotopic (exact) mass is 458 g/mol. The van der Waals surface area contributed by atoms with Crippen LogP contribution in [-0.2, 0) is 5.75 Å². The predicted octanol–water partition coefficient (Wildman–Crippen LogP) is 5.68. The molecule has 0 radical (unpaired) electrons. The second-order valence-electron chi connectivity index (χ2n) is 7.05. The lowest BCUT2D eigenvalue weighted by Crippen LogP contribution is -2.28. The van der Waals surface area contributed by atoms with E-state index >= 15 is 0 Å². The minimum absolute atomic E-state index is 0.215. The van der Waals surface area contributed by atoms with Gasteiger partial charge in [-0.15, -0.1) is 6.58 Å². The Labute approximate surface area is 195 Å². The molecule has 33 heavy (non-hydrogen) atoms. The molecule has 1 aromatic heterocycles. The number of amides is 3. The maximum absolute atomic E-state index is 12.9. The Morgan fingerprint density at radius 3 is 2.39 bits per heavy atom. The zero-order valence-corrected chi connectivity index (χ0v) is 18.5. The summed E-state index contributed by atoms with van der Waals surface area (Å²) in [7, 11) is 0. The fourth-order valence-corrected chi connectivity index (χ4v) is 3.94. The van der Waals surface area contributed by atoms with E-state index in [1.807, 2.05) is 42.5 Å². The number of nitrogens with zero attached hydrogens (tertiary/aromatic N) is 1. The number of rotatable bonds is 8. The normalized spacial score (nSPS) is 10.5. The smallest absolute Gasteiger partial charge is 0.319 e. The average molecular weight is 459 g/mol. The molecule has 0 fully saturated rings. The minimum Gasteiger partial charge on any atom is -0.431 e. The van der Waals surface area contributed by atoms with Crippen molar-refractivity contribution in [1.82, 2.24) is 10.3 Å². The lowest BCUT2D eigenvalue weighted by atomic mass is 10.1. The van der Waals surface area contributed by atoms with Crippen LogP contribution in [0.5, 0.6) is 0 Å². The van der Waals surface area contributed by atoms with Crippen LogP contribution < -0.4 is 16.0 Å². The Bertz CT molecular complexity index is 1250. The highest BCUT2D eigenvalue weighted by molar-refractivity contribution is 7.98. The van der Waals surface area contributed by atoms with E-state index in [-0.39, 0.29) is 11.9 Å². The molecule has 0 atom stereocenters. The number of carbonyl (C=O) groups excluding carboxylic acids is 2. The Morgan fingerprint density at radius 2 is 1.64 bits per heavy atom. The molecule has 0 saturated heterocycles. The van der Waals surface area contributed by atoms with Gasteiger partial charge in [0, 0.05) is 29.2 Å². The second-order valence-corrected chi connectivity index (χ2v) is 7.98. The number of benzene rings is 3. The number of oxazole rings is 1. The van der Waals surface area contributed by atoms with Gasteiger partial charge in [0.2, 0.25) is 0 Å². The molecule has 7 nitrogen and oxygen atoms in total. The van der Waals surface area contributed by atoms with Crippen molar-refractivity contribution in [2.24, 2.45) is 0 Å². The quantitative estimate of drug-likeness (QED) is 0.233. The number of fused-ring (bicyclic) bond motifs is 1. The summed E-state index contributed by atoms with van der Waals surface area (Å²) in [6.45, 7) is 3.93. The van der Waals surface area contributed by atoms with Crippen molar-refractivity contribution in [1.29, 1.82) is 0 Å². The van der Waals surface area contributed by atoms with Crippen LogP contribution in [0.15, 0.2) is 95.1 Å². The summed E-state index contributed by atoms with van der Waals surface area (Å²) in [4.78, 5) is 29.1. The predicted molar refractivity (Wildman–Crippen MR) is 132 cm³/mol. The van der Waals surface area contributed by atoms with Crippen molar-refractivity contribution in [3.8, 4) is 0 Å². The lowest BCUT2D eigenvalue weighted by Gasteiger charge is -2.11. The van der Waals surface area contributed by atoms with E-state index in [2.05, 4.69) is 27.5 Å². The first kappa shape index (κ1) is 22.2. The number of hydrogen-bond acceptors (Lipinski definition) is 5. The fourth-order valence-electron chi connectivity index (χ4n) is 3.10. The van der Waals surface area contributed by atoms with E-state index in [4.69, 9.17) is 4.42 Å². The van der Waals surface area contributed by atoms with Crippen LogP contribution in [0.25, 0.3) is 11.1 Å². The summed E-state index contributed by atoms with van der Waals surface area (Å²) in [5.74, 6) is 0.326. The largest absolute Gasteiger partial charge is 0.431 e. The molecule has 3 amide bonds. The van der Waals surface area contributed by atoms with E-state index in [1.165, 1.54) is 11.8 Å². The van der Waals surface area contributed by atoms with Crippen molar-refractivity contribution in [2.45, 2.75) is 11.0 Å². The number of thioether (sulfide) groups is 1. The fraction of sp³-hybridized carbons (Fsp3) is 0.0800. The summed E-state index contributed by atoms with van der Waals surface area (Å²) in [5.41, 5.74) is 4.24. The van der Waals surface area contributed by atoms with Gasteiger partial charge in [-0.05, 0) is 48.0 Å². The number of hydrogen-bond donors (Lipinski definition) is 3. The van der Waals surface area contributed by atoms with Crippen LogP contribution in [0.1, 0.15) is 15.9 Å². The average Bonchev–Trinajstić information content (AvgIpc) is 3.26. The molecule has 8 heteroatoms. The molecule has 3 N–H and O–H groups in total. The molecular formula is C25H22N4O3S. The number of aromatic nitrogens is 1. The number of anilines is 2. The highest BCUT2D eigenvalue weighted by Gasteiger charge is 2.13. The van der Waals surface area contributed by atoms with E-state index < -0.39 is 0 Å². The molecule has 3 aromatic carbocycles. The Kier molecular flexibility index (Phi) is 7.06. The molecular weight excluding hydrogens is 436 g/mol. The van der Waals surface area contributed by atoms with Crippen molar-refractivity contribution < 1.29 is 14.0 Å². The molecule has 0 aliphatic heterocycles. The van der Waals surface area contributed by atoms with Crippen molar-refractivity contribution in [2.75, 3.05) is 17.2 Å². The van der Waals surface area contributed by atoms with Gasteiger partial charge >= 0.3 is 6.03 Å². The molecule has 0 bridgehead atoms. The number of urea groups is 1. The number of carbonyl (C=O) groups is 2.